The van der Waals surface area contributed by atoms with Gasteiger partial charge in [-0.25, -0.2) is 0 Å². The van der Waals surface area contributed by atoms with Crippen molar-refractivity contribution in [3.63, 3.8) is 0 Å². The normalized spacial score (nSPS) is 18.0. The van der Waals surface area contributed by atoms with Crippen molar-refractivity contribution in [3.8, 4) is 0 Å². The minimum absolute atomic E-state index is 0.495. The van der Waals surface area contributed by atoms with E-state index in [0.29, 0.717) is 38.6 Å². The third kappa shape index (κ3) is 4.99. The van der Waals surface area contributed by atoms with Crippen LogP contribution < -0.4 is 10.2 Å². The predicted molar refractivity (Wildman–Crippen MR) is 86.7 cm³/mol. The first kappa shape index (κ1) is 16.3. The highest BCUT2D eigenvalue weighted by Crippen LogP contribution is 2.24. The Labute approximate surface area is 128 Å². The summed E-state index contributed by atoms with van der Waals surface area (Å²) in [4.78, 5) is 2.13. The van der Waals surface area contributed by atoms with Crippen LogP contribution in [0.5, 0.6) is 0 Å². The summed E-state index contributed by atoms with van der Waals surface area (Å²) >= 11 is 0. The lowest BCUT2D eigenvalue weighted by atomic mass is 9.94. The minimum atomic E-state index is -0.620. The van der Waals surface area contributed by atoms with Gasteiger partial charge in [-0.2, -0.15) is 0 Å². The van der Waals surface area contributed by atoms with Gasteiger partial charge in [-0.05, 0) is 17.7 Å². The molecule has 1 aliphatic heterocycles. The standard InChI is InChI=1S/C17H28N2O2/c1-14(2)18-12-15-4-6-16(7-5-15)19(3)13-17(20)8-10-21-11-9-17/h4-7,14,18,20H,8-13H2,1-3H3. The summed E-state index contributed by atoms with van der Waals surface area (Å²) in [5.74, 6) is 0. The number of nitrogens with zero attached hydrogens (tertiary/aromatic N) is 1. The first-order valence-electron chi connectivity index (χ1n) is 7.82. The predicted octanol–water partition coefficient (Wildman–Crippen LogP) is 2.16. The maximum absolute atomic E-state index is 10.6. The highest BCUT2D eigenvalue weighted by molar-refractivity contribution is 5.47. The van der Waals surface area contributed by atoms with E-state index in [0.717, 1.165) is 12.2 Å². The van der Waals surface area contributed by atoms with Crippen LogP contribution in [0.25, 0.3) is 0 Å². The Balaban J connectivity index is 1.91. The first-order valence-corrected chi connectivity index (χ1v) is 7.82. The van der Waals surface area contributed by atoms with Crippen LogP contribution in [0, 0.1) is 0 Å². The van der Waals surface area contributed by atoms with Gasteiger partial charge in [0.1, 0.15) is 0 Å². The van der Waals surface area contributed by atoms with E-state index in [1.807, 2.05) is 7.05 Å². The lowest BCUT2D eigenvalue weighted by molar-refractivity contribution is -0.0572. The van der Waals surface area contributed by atoms with Gasteiger partial charge in [0.25, 0.3) is 0 Å². The Morgan fingerprint density at radius 3 is 2.43 bits per heavy atom. The quantitative estimate of drug-likeness (QED) is 0.843. The molecule has 0 unspecified atom stereocenters. The molecule has 0 spiro atoms. The van der Waals surface area contributed by atoms with Crippen LogP contribution in [0.15, 0.2) is 24.3 Å². The average molecular weight is 292 g/mol. The molecule has 0 saturated carbocycles. The monoisotopic (exact) mass is 292 g/mol. The number of anilines is 1. The van der Waals surface area contributed by atoms with Crippen molar-refractivity contribution in [2.45, 2.75) is 44.9 Å². The molecule has 21 heavy (non-hydrogen) atoms. The summed E-state index contributed by atoms with van der Waals surface area (Å²) in [6, 6.07) is 9.04. The second-order valence-corrected chi connectivity index (χ2v) is 6.39. The van der Waals surface area contributed by atoms with Gasteiger partial charge < -0.3 is 20.1 Å². The molecule has 1 fully saturated rings. The molecule has 1 aliphatic rings. The molecule has 1 saturated heterocycles. The number of likely N-dealkylation sites (N-methyl/N-ethyl adjacent to an activating group) is 1. The fourth-order valence-corrected chi connectivity index (χ4v) is 2.63. The van der Waals surface area contributed by atoms with Crippen LogP contribution in [0.4, 0.5) is 5.69 Å². The fraction of sp³-hybridized carbons (Fsp3) is 0.647. The van der Waals surface area contributed by atoms with E-state index in [9.17, 15) is 5.11 Å². The van der Waals surface area contributed by atoms with Gasteiger partial charge in [0.15, 0.2) is 0 Å². The second-order valence-electron chi connectivity index (χ2n) is 6.39. The van der Waals surface area contributed by atoms with Crippen molar-refractivity contribution in [1.82, 2.24) is 5.32 Å². The van der Waals surface area contributed by atoms with Gasteiger partial charge in [0, 0.05) is 57.9 Å². The third-order valence-electron chi connectivity index (χ3n) is 4.05. The number of hydrogen-bond acceptors (Lipinski definition) is 4. The Bertz CT molecular complexity index is 425. The van der Waals surface area contributed by atoms with E-state index in [-0.39, 0.29) is 0 Å². The molecule has 4 nitrogen and oxygen atoms in total. The maximum Gasteiger partial charge on any atom is 0.0865 e. The molecule has 2 rings (SSSR count). The molecule has 118 valence electrons. The highest BCUT2D eigenvalue weighted by atomic mass is 16.5. The van der Waals surface area contributed by atoms with E-state index in [1.165, 1.54) is 5.56 Å². The zero-order valence-corrected chi connectivity index (χ0v) is 13.4. The van der Waals surface area contributed by atoms with Crippen molar-refractivity contribution in [2.75, 3.05) is 31.7 Å². The van der Waals surface area contributed by atoms with Gasteiger partial charge in [0.05, 0.1) is 5.60 Å². The maximum atomic E-state index is 10.6. The van der Waals surface area contributed by atoms with Crippen LogP contribution in [0.2, 0.25) is 0 Å². The van der Waals surface area contributed by atoms with Crippen LogP contribution in [0.3, 0.4) is 0 Å². The number of hydrogen-bond donors (Lipinski definition) is 2. The molecule has 0 bridgehead atoms. The Hall–Kier alpha value is -1.10. The zero-order valence-electron chi connectivity index (χ0n) is 13.4. The zero-order chi connectivity index (χ0) is 15.3. The largest absolute Gasteiger partial charge is 0.388 e. The van der Waals surface area contributed by atoms with Gasteiger partial charge in [-0.1, -0.05) is 26.0 Å². The Kier molecular flexibility index (Phi) is 5.62. The van der Waals surface area contributed by atoms with Crippen molar-refractivity contribution in [1.29, 1.82) is 0 Å². The molecule has 1 heterocycles. The van der Waals surface area contributed by atoms with Crippen molar-refractivity contribution >= 4 is 5.69 Å². The van der Waals surface area contributed by atoms with E-state index >= 15 is 0 Å². The molecule has 0 atom stereocenters. The summed E-state index contributed by atoms with van der Waals surface area (Å²) in [7, 11) is 2.04. The van der Waals surface area contributed by atoms with Crippen LogP contribution in [-0.4, -0.2) is 43.6 Å². The van der Waals surface area contributed by atoms with E-state index in [4.69, 9.17) is 4.74 Å². The Morgan fingerprint density at radius 1 is 1.24 bits per heavy atom. The molecule has 4 heteroatoms. The van der Waals surface area contributed by atoms with Crippen LogP contribution in [0.1, 0.15) is 32.3 Å². The van der Waals surface area contributed by atoms with Crippen LogP contribution in [-0.2, 0) is 11.3 Å². The number of rotatable bonds is 6. The number of aliphatic hydroxyl groups is 1. The van der Waals surface area contributed by atoms with Crippen molar-refractivity contribution < 1.29 is 9.84 Å². The molecule has 1 aromatic carbocycles. The number of benzene rings is 1. The smallest absolute Gasteiger partial charge is 0.0865 e. The van der Waals surface area contributed by atoms with Crippen molar-refractivity contribution in [3.05, 3.63) is 29.8 Å². The van der Waals surface area contributed by atoms with Gasteiger partial charge in [-0.15, -0.1) is 0 Å². The summed E-state index contributed by atoms with van der Waals surface area (Å²) < 4.78 is 5.33. The molecule has 0 radical (unpaired) electrons. The summed E-state index contributed by atoms with van der Waals surface area (Å²) in [6.07, 6.45) is 1.43. The van der Waals surface area contributed by atoms with E-state index in [2.05, 4.69) is 48.3 Å². The first-order chi connectivity index (χ1) is 9.98. The molecular weight excluding hydrogens is 264 g/mol. The SMILES string of the molecule is CC(C)NCc1ccc(N(C)CC2(O)CCOCC2)cc1. The summed E-state index contributed by atoms with van der Waals surface area (Å²) in [6.45, 7) is 7.16. The van der Waals surface area contributed by atoms with Crippen molar-refractivity contribution in [2.24, 2.45) is 0 Å². The van der Waals surface area contributed by atoms with Gasteiger partial charge in [0.2, 0.25) is 0 Å². The lowest BCUT2D eigenvalue weighted by Gasteiger charge is -2.36. The van der Waals surface area contributed by atoms with E-state index < -0.39 is 5.60 Å². The van der Waals surface area contributed by atoms with Gasteiger partial charge in [-0.3, -0.25) is 0 Å². The Morgan fingerprint density at radius 2 is 1.86 bits per heavy atom. The number of nitrogens with one attached hydrogen (secondary N) is 1. The molecule has 0 aromatic heterocycles. The second kappa shape index (κ2) is 7.25. The third-order valence-corrected chi connectivity index (χ3v) is 4.05. The topological polar surface area (TPSA) is 44.7 Å². The molecular formula is C17H28N2O2. The van der Waals surface area contributed by atoms with Gasteiger partial charge >= 0.3 is 0 Å². The highest BCUT2D eigenvalue weighted by Gasteiger charge is 2.31. The average Bonchev–Trinajstić information content (AvgIpc) is 2.46. The molecule has 0 aliphatic carbocycles. The van der Waals surface area contributed by atoms with E-state index in [1.54, 1.807) is 0 Å². The summed E-state index contributed by atoms with van der Waals surface area (Å²) in [5.41, 5.74) is 1.80. The molecule has 2 N–H and O–H groups in total. The molecule has 1 aromatic rings. The number of ether oxygens (including phenoxy) is 1. The molecule has 0 amide bonds. The minimum Gasteiger partial charge on any atom is -0.388 e. The fourth-order valence-electron chi connectivity index (χ4n) is 2.63. The lowest BCUT2D eigenvalue weighted by Crippen LogP contribution is -2.45. The van der Waals surface area contributed by atoms with Crippen LogP contribution >= 0.6 is 0 Å². The summed E-state index contributed by atoms with van der Waals surface area (Å²) in [5, 5.41) is 14.0.